The van der Waals surface area contributed by atoms with Crippen LogP contribution in [-0.4, -0.2) is 41.2 Å². The molecule has 0 aliphatic carbocycles. The first-order chi connectivity index (χ1) is 17.6. The number of halogens is 1. The summed E-state index contributed by atoms with van der Waals surface area (Å²) in [6.45, 7) is 5.69. The quantitative estimate of drug-likeness (QED) is 0.289. The van der Waals surface area contributed by atoms with E-state index < -0.39 is 0 Å². The van der Waals surface area contributed by atoms with Crippen LogP contribution in [-0.2, 0) is 11.3 Å². The summed E-state index contributed by atoms with van der Waals surface area (Å²) in [6.07, 6.45) is 1.92. The number of benzene rings is 3. The molecule has 5 aromatic rings. The van der Waals surface area contributed by atoms with Crippen molar-refractivity contribution < 1.29 is 13.5 Å². The van der Waals surface area contributed by atoms with Gasteiger partial charge in [0.15, 0.2) is 5.58 Å². The second kappa shape index (κ2) is 9.60. The Bertz CT molecular complexity index is 1500. The number of anilines is 2. The predicted molar refractivity (Wildman–Crippen MR) is 140 cm³/mol. The number of H-pyrrole nitrogens is 1. The SMILES string of the molecule is Cc1cc(Nc2nc3cccc(-c4ccc(CN5CCOCC5)c(F)c4)c3o2)ccc1-c1ccc[nH]1. The molecule has 0 atom stereocenters. The maximum atomic E-state index is 15.0. The summed E-state index contributed by atoms with van der Waals surface area (Å²) < 4.78 is 26.5. The van der Waals surface area contributed by atoms with E-state index in [1.54, 1.807) is 6.07 Å². The molecule has 7 heteroatoms. The molecule has 182 valence electrons. The molecular weight excluding hydrogens is 455 g/mol. The number of aromatic amines is 1. The van der Waals surface area contributed by atoms with Crippen LogP contribution in [0.2, 0.25) is 0 Å². The van der Waals surface area contributed by atoms with Crippen molar-refractivity contribution in [3.05, 3.63) is 89.9 Å². The van der Waals surface area contributed by atoms with Crippen molar-refractivity contribution in [2.24, 2.45) is 0 Å². The molecule has 0 bridgehead atoms. The largest absolute Gasteiger partial charge is 0.423 e. The van der Waals surface area contributed by atoms with Crippen LogP contribution in [0.15, 0.2) is 77.3 Å². The average molecular weight is 483 g/mol. The highest BCUT2D eigenvalue weighted by Gasteiger charge is 2.16. The van der Waals surface area contributed by atoms with E-state index in [1.165, 1.54) is 0 Å². The topological polar surface area (TPSA) is 66.3 Å². The van der Waals surface area contributed by atoms with Gasteiger partial charge in [0.1, 0.15) is 11.3 Å². The third-order valence-electron chi connectivity index (χ3n) is 6.64. The number of oxazole rings is 1. The number of para-hydroxylation sites is 1. The maximum Gasteiger partial charge on any atom is 0.300 e. The molecule has 3 aromatic carbocycles. The van der Waals surface area contributed by atoms with Crippen LogP contribution in [0.25, 0.3) is 33.5 Å². The van der Waals surface area contributed by atoms with Gasteiger partial charge in [0.05, 0.1) is 13.2 Å². The minimum atomic E-state index is -0.216. The number of hydrogen-bond donors (Lipinski definition) is 2. The van der Waals surface area contributed by atoms with Crippen molar-refractivity contribution in [1.82, 2.24) is 14.9 Å². The number of morpholine rings is 1. The van der Waals surface area contributed by atoms with Crippen LogP contribution < -0.4 is 5.32 Å². The Morgan fingerprint density at radius 3 is 2.67 bits per heavy atom. The zero-order valence-corrected chi connectivity index (χ0v) is 20.1. The molecule has 2 aromatic heterocycles. The Morgan fingerprint density at radius 1 is 1.00 bits per heavy atom. The predicted octanol–water partition coefficient (Wildman–Crippen LogP) is 6.51. The summed E-state index contributed by atoms with van der Waals surface area (Å²) in [6, 6.07) is 21.7. The van der Waals surface area contributed by atoms with Gasteiger partial charge in [-0.25, -0.2) is 4.39 Å². The molecule has 6 rings (SSSR count). The molecular formula is C29H27FN4O2. The fraction of sp³-hybridized carbons (Fsp3) is 0.207. The van der Waals surface area contributed by atoms with Crippen molar-refractivity contribution in [1.29, 1.82) is 0 Å². The minimum absolute atomic E-state index is 0.216. The van der Waals surface area contributed by atoms with Gasteiger partial charge in [-0.05, 0) is 54.4 Å². The number of aromatic nitrogens is 2. The standard InChI is InChI=1S/C29H27FN4O2/c1-19-16-22(9-10-23(19)26-6-3-11-31-26)32-29-33-27-5-2-4-24(28(27)36-29)20-7-8-21(25(30)17-20)18-34-12-14-35-15-13-34/h2-11,16-17,31H,12-15,18H2,1H3,(H,32,33). The van der Waals surface area contributed by atoms with Gasteiger partial charge in [0.25, 0.3) is 6.01 Å². The molecule has 3 heterocycles. The van der Waals surface area contributed by atoms with E-state index in [-0.39, 0.29) is 5.82 Å². The lowest BCUT2D eigenvalue weighted by atomic mass is 10.0. The number of nitrogens with zero attached hydrogens (tertiary/aromatic N) is 2. The molecule has 2 N–H and O–H groups in total. The molecule has 1 fully saturated rings. The van der Waals surface area contributed by atoms with Gasteiger partial charge in [-0.1, -0.05) is 30.3 Å². The van der Waals surface area contributed by atoms with Gasteiger partial charge < -0.3 is 19.5 Å². The van der Waals surface area contributed by atoms with Crippen LogP contribution in [0.5, 0.6) is 0 Å². The van der Waals surface area contributed by atoms with E-state index in [1.807, 2.05) is 48.7 Å². The van der Waals surface area contributed by atoms with Gasteiger partial charge in [0.2, 0.25) is 0 Å². The van der Waals surface area contributed by atoms with Crippen LogP contribution >= 0.6 is 0 Å². The van der Waals surface area contributed by atoms with Crippen LogP contribution in [0, 0.1) is 12.7 Å². The minimum Gasteiger partial charge on any atom is -0.423 e. The highest BCUT2D eigenvalue weighted by atomic mass is 19.1. The molecule has 6 nitrogen and oxygen atoms in total. The first kappa shape index (κ1) is 22.5. The summed E-state index contributed by atoms with van der Waals surface area (Å²) >= 11 is 0. The monoisotopic (exact) mass is 482 g/mol. The van der Waals surface area contributed by atoms with E-state index in [2.05, 4.69) is 45.3 Å². The van der Waals surface area contributed by atoms with Crippen LogP contribution in [0.3, 0.4) is 0 Å². The van der Waals surface area contributed by atoms with Crippen LogP contribution in [0.4, 0.5) is 16.1 Å². The van der Waals surface area contributed by atoms with Gasteiger partial charge in [0, 0.05) is 53.9 Å². The summed E-state index contributed by atoms with van der Waals surface area (Å²) in [5, 5.41) is 3.27. The van der Waals surface area contributed by atoms with Gasteiger partial charge in [-0.2, -0.15) is 4.98 Å². The lowest BCUT2D eigenvalue weighted by molar-refractivity contribution is 0.0337. The first-order valence-electron chi connectivity index (χ1n) is 12.1. The number of rotatable bonds is 6. The van der Waals surface area contributed by atoms with E-state index in [0.717, 1.165) is 46.7 Å². The maximum absolute atomic E-state index is 15.0. The summed E-state index contributed by atoms with van der Waals surface area (Å²) in [4.78, 5) is 10.1. The van der Waals surface area contributed by atoms with Crippen molar-refractivity contribution in [3.8, 4) is 22.4 Å². The third-order valence-corrected chi connectivity index (χ3v) is 6.64. The molecule has 0 saturated carbocycles. The van der Waals surface area contributed by atoms with E-state index in [9.17, 15) is 0 Å². The second-order valence-corrected chi connectivity index (χ2v) is 9.11. The Kier molecular flexibility index (Phi) is 6.01. The highest BCUT2D eigenvalue weighted by Crippen LogP contribution is 2.33. The van der Waals surface area contributed by atoms with E-state index >= 15 is 4.39 Å². The number of nitrogens with one attached hydrogen (secondary N) is 2. The smallest absolute Gasteiger partial charge is 0.300 e. The fourth-order valence-corrected chi connectivity index (χ4v) is 4.74. The normalized spacial score (nSPS) is 14.4. The molecule has 1 aliphatic rings. The van der Waals surface area contributed by atoms with E-state index in [0.29, 0.717) is 42.4 Å². The molecule has 0 unspecified atom stereocenters. The number of fused-ring (bicyclic) bond motifs is 1. The third kappa shape index (κ3) is 4.51. The summed E-state index contributed by atoms with van der Waals surface area (Å²) in [7, 11) is 0. The van der Waals surface area contributed by atoms with Gasteiger partial charge in [-0.3, -0.25) is 4.90 Å². The Balaban J connectivity index is 1.25. The van der Waals surface area contributed by atoms with Gasteiger partial charge in [-0.15, -0.1) is 0 Å². The molecule has 0 radical (unpaired) electrons. The Morgan fingerprint density at radius 2 is 1.89 bits per heavy atom. The number of ether oxygens (including phenoxy) is 1. The Labute approximate surface area is 208 Å². The zero-order valence-electron chi connectivity index (χ0n) is 20.1. The number of aryl methyl sites for hydroxylation is 1. The van der Waals surface area contributed by atoms with E-state index in [4.69, 9.17) is 9.15 Å². The first-order valence-corrected chi connectivity index (χ1v) is 12.1. The average Bonchev–Trinajstić information content (AvgIpc) is 3.56. The Hall–Kier alpha value is -3.94. The summed E-state index contributed by atoms with van der Waals surface area (Å²) in [5.41, 5.74) is 7.83. The molecule has 36 heavy (non-hydrogen) atoms. The molecule has 0 spiro atoms. The highest BCUT2D eigenvalue weighted by molar-refractivity contribution is 5.91. The number of hydrogen-bond acceptors (Lipinski definition) is 5. The lowest BCUT2D eigenvalue weighted by Gasteiger charge is -2.26. The summed E-state index contributed by atoms with van der Waals surface area (Å²) in [5.74, 6) is -0.216. The zero-order chi connectivity index (χ0) is 24.5. The van der Waals surface area contributed by atoms with Gasteiger partial charge >= 0.3 is 0 Å². The van der Waals surface area contributed by atoms with Crippen molar-refractivity contribution in [2.75, 3.05) is 31.6 Å². The van der Waals surface area contributed by atoms with Crippen molar-refractivity contribution in [2.45, 2.75) is 13.5 Å². The lowest BCUT2D eigenvalue weighted by Crippen LogP contribution is -2.35. The molecule has 1 saturated heterocycles. The van der Waals surface area contributed by atoms with Crippen LogP contribution in [0.1, 0.15) is 11.1 Å². The van der Waals surface area contributed by atoms with Crippen molar-refractivity contribution in [3.63, 3.8) is 0 Å². The molecule has 0 amide bonds. The fourth-order valence-electron chi connectivity index (χ4n) is 4.74. The second-order valence-electron chi connectivity index (χ2n) is 9.11. The molecule has 1 aliphatic heterocycles. The van der Waals surface area contributed by atoms with Crippen molar-refractivity contribution >= 4 is 22.8 Å².